The van der Waals surface area contributed by atoms with Crippen molar-refractivity contribution in [3.63, 3.8) is 0 Å². The van der Waals surface area contributed by atoms with Crippen LogP contribution >= 0.6 is 15.9 Å². The Kier molecular flexibility index (Phi) is 4.07. The standard InChI is InChI=1S/C17H12BrF2NO/c1-10-7-11-13(18)5-6-21-17(11)16(8-10)22-9-12-14(19)3-2-4-15(12)20/h2-8H,9H2,1H3. The molecule has 0 spiro atoms. The van der Waals surface area contributed by atoms with Gasteiger partial charge in [0.2, 0.25) is 0 Å². The Labute approximate surface area is 134 Å². The van der Waals surface area contributed by atoms with Gasteiger partial charge < -0.3 is 4.74 Å². The van der Waals surface area contributed by atoms with Crippen molar-refractivity contribution in [1.29, 1.82) is 0 Å². The van der Waals surface area contributed by atoms with E-state index in [-0.39, 0.29) is 12.2 Å². The minimum absolute atomic E-state index is 0.0906. The number of aryl methyl sites for hydroxylation is 1. The fraction of sp³-hybridized carbons (Fsp3) is 0.118. The smallest absolute Gasteiger partial charge is 0.146 e. The molecular formula is C17H12BrF2NO. The van der Waals surface area contributed by atoms with Gasteiger partial charge in [-0.1, -0.05) is 22.0 Å². The molecule has 5 heteroatoms. The molecule has 1 heterocycles. The van der Waals surface area contributed by atoms with Crippen LogP contribution in [0.3, 0.4) is 0 Å². The number of aromatic nitrogens is 1. The third-order valence-corrected chi connectivity index (χ3v) is 4.03. The van der Waals surface area contributed by atoms with E-state index in [1.807, 2.05) is 19.1 Å². The summed E-state index contributed by atoms with van der Waals surface area (Å²) in [6.07, 6.45) is 1.65. The van der Waals surface area contributed by atoms with Gasteiger partial charge in [-0.25, -0.2) is 8.78 Å². The van der Waals surface area contributed by atoms with Crippen LogP contribution in [0.1, 0.15) is 11.1 Å². The molecule has 0 aliphatic carbocycles. The zero-order valence-electron chi connectivity index (χ0n) is 11.7. The van der Waals surface area contributed by atoms with Gasteiger partial charge in [0.15, 0.2) is 0 Å². The topological polar surface area (TPSA) is 22.1 Å². The Morgan fingerprint density at radius 3 is 2.59 bits per heavy atom. The first-order chi connectivity index (χ1) is 10.6. The highest BCUT2D eigenvalue weighted by Crippen LogP contribution is 2.31. The van der Waals surface area contributed by atoms with E-state index in [0.29, 0.717) is 11.3 Å². The Morgan fingerprint density at radius 1 is 1.14 bits per heavy atom. The highest BCUT2D eigenvalue weighted by molar-refractivity contribution is 9.10. The lowest BCUT2D eigenvalue weighted by Gasteiger charge is -2.12. The number of hydrogen-bond acceptors (Lipinski definition) is 2. The fourth-order valence-electron chi connectivity index (χ4n) is 2.26. The number of ether oxygens (including phenoxy) is 1. The maximum Gasteiger partial charge on any atom is 0.146 e. The van der Waals surface area contributed by atoms with Gasteiger partial charge in [0.05, 0.1) is 5.56 Å². The summed E-state index contributed by atoms with van der Waals surface area (Å²) < 4.78 is 33.9. The summed E-state index contributed by atoms with van der Waals surface area (Å²) in [7, 11) is 0. The molecule has 0 atom stereocenters. The second kappa shape index (κ2) is 6.01. The van der Waals surface area contributed by atoms with E-state index in [9.17, 15) is 8.78 Å². The monoisotopic (exact) mass is 363 g/mol. The molecular weight excluding hydrogens is 352 g/mol. The van der Waals surface area contributed by atoms with Crippen LogP contribution in [-0.2, 0) is 6.61 Å². The molecule has 0 saturated heterocycles. The average Bonchev–Trinajstić information content (AvgIpc) is 2.47. The molecule has 2 nitrogen and oxygen atoms in total. The van der Waals surface area contributed by atoms with Crippen LogP contribution in [0.5, 0.6) is 5.75 Å². The first-order valence-electron chi connectivity index (χ1n) is 6.67. The molecule has 0 aliphatic heterocycles. The molecule has 22 heavy (non-hydrogen) atoms. The second-order valence-electron chi connectivity index (χ2n) is 4.94. The number of hydrogen-bond donors (Lipinski definition) is 0. The molecule has 0 radical (unpaired) electrons. The number of halogens is 3. The van der Waals surface area contributed by atoms with Crippen molar-refractivity contribution in [3.05, 3.63) is 69.8 Å². The molecule has 0 N–H and O–H groups in total. The quantitative estimate of drug-likeness (QED) is 0.640. The zero-order chi connectivity index (χ0) is 15.7. The van der Waals surface area contributed by atoms with Gasteiger partial charge in [-0.3, -0.25) is 4.98 Å². The molecule has 0 unspecified atom stereocenters. The van der Waals surface area contributed by atoms with Gasteiger partial charge in [0.25, 0.3) is 0 Å². The summed E-state index contributed by atoms with van der Waals surface area (Å²) in [4.78, 5) is 4.30. The molecule has 0 saturated carbocycles. The van der Waals surface area contributed by atoms with Crippen molar-refractivity contribution in [2.75, 3.05) is 0 Å². The van der Waals surface area contributed by atoms with Gasteiger partial charge in [0, 0.05) is 16.1 Å². The van der Waals surface area contributed by atoms with Gasteiger partial charge in [-0.2, -0.15) is 0 Å². The summed E-state index contributed by atoms with van der Waals surface area (Å²) in [5, 5.41) is 0.895. The van der Waals surface area contributed by atoms with Crippen LogP contribution in [-0.4, -0.2) is 4.98 Å². The van der Waals surface area contributed by atoms with Crippen molar-refractivity contribution in [2.24, 2.45) is 0 Å². The van der Waals surface area contributed by atoms with Crippen LogP contribution in [0.2, 0.25) is 0 Å². The van der Waals surface area contributed by atoms with Crippen LogP contribution in [0.25, 0.3) is 10.9 Å². The Balaban J connectivity index is 1.99. The van der Waals surface area contributed by atoms with E-state index in [1.165, 1.54) is 18.2 Å². The molecule has 3 aromatic rings. The third kappa shape index (κ3) is 2.81. The van der Waals surface area contributed by atoms with E-state index in [1.54, 1.807) is 12.3 Å². The predicted octanol–water partition coefficient (Wildman–Crippen LogP) is 5.16. The average molecular weight is 364 g/mol. The van der Waals surface area contributed by atoms with Crippen molar-refractivity contribution in [3.8, 4) is 5.75 Å². The number of fused-ring (bicyclic) bond motifs is 1. The number of benzene rings is 2. The first kappa shape index (κ1) is 14.9. The molecule has 0 fully saturated rings. The summed E-state index contributed by atoms with van der Waals surface area (Å²) >= 11 is 3.47. The molecule has 0 amide bonds. The summed E-state index contributed by atoms with van der Waals surface area (Å²) in [5.74, 6) is -0.740. The lowest BCUT2D eigenvalue weighted by molar-refractivity contribution is 0.295. The largest absolute Gasteiger partial charge is 0.486 e. The van der Waals surface area contributed by atoms with Crippen LogP contribution < -0.4 is 4.74 Å². The summed E-state index contributed by atoms with van der Waals surface area (Å²) in [6.45, 7) is 1.74. The van der Waals surface area contributed by atoms with Crippen molar-refractivity contribution < 1.29 is 13.5 Å². The SMILES string of the molecule is Cc1cc(OCc2c(F)cccc2F)c2nccc(Br)c2c1. The van der Waals surface area contributed by atoms with Crippen LogP contribution in [0.15, 0.2) is 47.1 Å². The van der Waals surface area contributed by atoms with E-state index in [0.717, 1.165) is 15.4 Å². The Morgan fingerprint density at radius 2 is 1.86 bits per heavy atom. The third-order valence-electron chi connectivity index (χ3n) is 3.33. The summed E-state index contributed by atoms with van der Waals surface area (Å²) in [5.41, 5.74) is 1.54. The van der Waals surface area contributed by atoms with Crippen LogP contribution in [0, 0.1) is 18.6 Å². The van der Waals surface area contributed by atoms with Gasteiger partial charge in [-0.15, -0.1) is 0 Å². The first-order valence-corrected chi connectivity index (χ1v) is 7.46. The maximum atomic E-state index is 13.7. The van der Waals surface area contributed by atoms with E-state index < -0.39 is 11.6 Å². The molecule has 2 aromatic carbocycles. The second-order valence-corrected chi connectivity index (χ2v) is 5.80. The fourth-order valence-corrected chi connectivity index (χ4v) is 2.68. The number of pyridine rings is 1. The molecule has 0 bridgehead atoms. The van der Waals surface area contributed by atoms with Gasteiger partial charge >= 0.3 is 0 Å². The Bertz CT molecular complexity index is 831. The molecule has 1 aromatic heterocycles. The lowest BCUT2D eigenvalue weighted by Crippen LogP contribution is -2.02. The lowest BCUT2D eigenvalue weighted by atomic mass is 10.1. The normalized spacial score (nSPS) is 10.9. The van der Waals surface area contributed by atoms with E-state index in [2.05, 4.69) is 20.9 Å². The van der Waals surface area contributed by atoms with E-state index >= 15 is 0 Å². The van der Waals surface area contributed by atoms with Crippen molar-refractivity contribution in [1.82, 2.24) is 4.98 Å². The molecule has 112 valence electrons. The van der Waals surface area contributed by atoms with Crippen LogP contribution in [0.4, 0.5) is 8.78 Å². The highest BCUT2D eigenvalue weighted by Gasteiger charge is 2.12. The minimum Gasteiger partial charge on any atom is -0.486 e. The Hall–Kier alpha value is -2.01. The summed E-state index contributed by atoms with van der Waals surface area (Å²) in [6, 6.07) is 9.37. The highest BCUT2D eigenvalue weighted by atomic mass is 79.9. The van der Waals surface area contributed by atoms with Gasteiger partial charge in [-0.05, 0) is 42.8 Å². The van der Waals surface area contributed by atoms with Crippen molar-refractivity contribution in [2.45, 2.75) is 13.5 Å². The minimum atomic E-state index is -0.619. The van der Waals surface area contributed by atoms with Gasteiger partial charge in [0.1, 0.15) is 29.5 Å². The molecule has 3 rings (SSSR count). The number of rotatable bonds is 3. The van der Waals surface area contributed by atoms with Crippen molar-refractivity contribution >= 4 is 26.8 Å². The maximum absolute atomic E-state index is 13.7. The van der Waals surface area contributed by atoms with E-state index in [4.69, 9.17) is 4.74 Å². The zero-order valence-corrected chi connectivity index (χ0v) is 13.3. The number of nitrogens with zero attached hydrogens (tertiary/aromatic N) is 1. The predicted molar refractivity (Wildman–Crippen MR) is 84.9 cm³/mol. The molecule has 0 aliphatic rings.